The van der Waals surface area contributed by atoms with E-state index < -0.39 is 5.54 Å². The highest BCUT2D eigenvalue weighted by Crippen LogP contribution is 2.25. The van der Waals surface area contributed by atoms with Gasteiger partial charge in [0.1, 0.15) is 5.54 Å². The molecule has 18 heavy (non-hydrogen) atoms. The molecule has 0 radical (unpaired) electrons. The molecule has 104 valence electrons. The summed E-state index contributed by atoms with van der Waals surface area (Å²) < 4.78 is 0. The Morgan fingerprint density at radius 1 is 1.28 bits per heavy atom. The van der Waals surface area contributed by atoms with Crippen LogP contribution < -0.4 is 11.1 Å². The van der Waals surface area contributed by atoms with Crippen LogP contribution in [0.5, 0.6) is 0 Å². The van der Waals surface area contributed by atoms with Crippen LogP contribution in [0.1, 0.15) is 51.9 Å². The van der Waals surface area contributed by atoms with E-state index in [4.69, 9.17) is 5.73 Å². The Bertz CT molecular complexity index is 297. The van der Waals surface area contributed by atoms with Crippen molar-refractivity contribution in [1.29, 1.82) is 0 Å². The molecule has 0 spiro atoms. The van der Waals surface area contributed by atoms with E-state index in [9.17, 15) is 4.79 Å². The molecule has 0 aromatic carbocycles. The van der Waals surface area contributed by atoms with Crippen LogP contribution in [0.4, 0.5) is 0 Å². The van der Waals surface area contributed by atoms with Crippen molar-refractivity contribution in [1.82, 2.24) is 10.2 Å². The van der Waals surface area contributed by atoms with Gasteiger partial charge in [-0.05, 0) is 39.7 Å². The van der Waals surface area contributed by atoms with Crippen LogP contribution in [0.15, 0.2) is 0 Å². The van der Waals surface area contributed by atoms with Crippen molar-refractivity contribution in [3.8, 4) is 0 Å². The highest BCUT2D eigenvalue weighted by atomic mass is 16.1. The van der Waals surface area contributed by atoms with Crippen LogP contribution >= 0.6 is 0 Å². The predicted molar refractivity (Wildman–Crippen MR) is 73.3 cm³/mol. The first-order chi connectivity index (χ1) is 8.51. The first kappa shape index (κ1) is 13.8. The molecule has 0 saturated heterocycles. The van der Waals surface area contributed by atoms with Crippen molar-refractivity contribution in [2.75, 3.05) is 13.6 Å². The number of carbonyl (C=O) groups excluding carboxylic acids is 1. The average molecular weight is 253 g/mol. The molecule has 1 unspecified atom stereocenters. The summed E-state index contributed by atoms with van der Waals surface area (Å²) in [5, 5.41) is 3.42. The summed E-state index contributed by atoms with van der Waals surface area (Å²) in [5.74, 6) is -0.225. The van der Waals surface area contributed by atoms with Crippen LogP contribution in [-0.4, -0.2) is 42.0 Å². The van der Waals surface area contributed by atoms with Crippen LogP contribution in [0.25, 0.3) is 0 Å². The topological polar surface area (TPSA) is 58.4 Å². The molecule has 1 atom stereocenters. The van der Waals surface area contributed by atoms with E-state index >= 15 is 0 Å². The number of likely N-dealkylation sites (N-methyl/N-ethyl adjacent to an activating group) is 1. The van der Waals surface area contributed by atoms with E-state index in [1.165, 1.54) is 44.9 Å². The van der Waals surface area contributed by atoms with E-state index in [0.29, 0.717) is 12.1 Å². The molecule has 0 aromatic heterocycles. The van der Waals surface area contributed by atoms with Gasteiger partial charge in [0.15, 0.2) is 0 Å². The number of nitrogens with one attached hydrogen (secondary N) is 1. The second kappa shape index (κ2) is 5.57. The lowest BCUT2D eigenvalue weighted by atomic mass is 9.92. The monoisotopic (exact) mass is 253 g/mol. The lowest BCUT2D eigenvalue weighted by Crippen LogP contribution is -2.61. The average Bonchev–Trinajstić information content (AvgIpc) is 3.13. The van der Waals surface area contributed by atoms with E-state index in [0.717, 1.165) is 6.54 Å². The first-order valence-corrected chi connectivity index (χ1v) is 7.29. The SMILES string of the molecule is CN(CC(C)(NC1CC1)C(N)=O)C1CCCCC1. The van der Waals surface area contributed by atoms with Crippen LogP contribution in [0, 0.1) is 0 Å². The number of hydrogen-bond acceptors (Lipinski definition) is 3. The highest BCUT2D eigenvalue weighted by Gasteiger charge is 2.38. The fraction of sp³-hybridized carbons (Fsp3) is 0.929. The van der Waals surface area contributed by atoms with E-state index in [-0.39, 0.29) is 5.91 Å². The number of amides is 1. The molecular weight excluding hydrogens is 226 g/mol. The zero-order valence-electron chi connectivity index (χ0n) is 11.7. The lowest BCUT2D eigenvalue weighted by Gasteiger charge is -2.37. The number of nitrogens with zero attached hydrogens (tertiary/aromatic N) is 1. The number of rotatable bonds is 6. The van der Waals surface area contributed by atoms with Crippen LogP contribution in [0.2, 0.25) is 0 Å². The van der Waals surface area contributed by atoms with E-state index in [1.54, 1.807) is 0 Å². The van der Waals surface area contributed by atoms with Crippen molar-refractivity contribution in [2.24, 2.45) is 5.73 Å². The van der Waals surface area contributed by atoms with Crippen molar-refractivity contribution >= 4 is 5.91 Å². The standard InChI is InChI=1S/C14H27N3O/c1-14(13(15)18,16-11-8-9-11)10-17(2)12-6-4-3-5-7-12/h11-12,16H,3-10H2,1-2H3,(H2,15,18). The molecule has 2 saturated carbocycles. The molecule has 0 bridgehead atoms. The fourth-order valence-corrected chi connectivity index (χ4v) is 3.02. The number of carbonyl (C=O) groups is 1. The molecule has 0 heterocycles. The van der Waals surface area contributed by atoms with E-state index in [2.05, 4.69) is 17.3 Å². The third kappa shape index (κ3) is 3.45. The van der Waals surface area contributed by atoms with Gasteiger partial charge in [-0.25, -0.2) is 0 Å². The summed E-state index contributed by atoms with van der Waals surface area (Å²) >= 11 is 0. The van der Waals surface area contributed by atoms with Crippen molar-refractivity contribution in [3.05, 3.63) is 0 Å². The molecule has 4 nitrogen and oxygen atoms in total. The Balaban J connectivity index is 1.91. The number of nitrogens with two attached hydrogens (primary N) is 1. The van der Waals surface area contributed by atoms with Gasteiger partial charge in [0.2, 0.25) is 5.91 Å². The first-order valence-electron chi connectivity index (χ1n) is 7.29. The van der Waals surface area contributed by atoms with Crippen molar-refractivity contribution in [2.45, 2.75) is 69.5 Å². The molecule has 2 fully saturated rings. The third-order valence-corrected chi connectivity index (χ3v) is 4.41. The predicted octanol–water partition coefficient (Wildman–Crippen LogP) is 1.25. The van der Waals surface area contributed by atoms with Gasteiger partial charge in [0.05, 0.1) is 0 Å². The molecule has 2 rings (SSSR count). The maximum atomic E-state index is 11.7. The summed E-state index contributed by atoms with van der Waals surface area (Å²) in [4.78, 5) is 14.1. The maximum absolute atomic E-state index is 11.7. The molecule has 3 N–H and O–H groups in total. The molecule has 1 amide bonds. The molecule has 4 heteroatoms. The van der Waals surface area contributed by atoms with Crippen LogP contribution in [0.3, 0.4) is 0 Å². The quantitative estimate of drug-likeness (QED) is 0.749. The number of hydrogen-bond donors (Lipinski definition) is 2. The van der Waals surface area contributed by atoms with Gasteiger partial charge in [-0.2, -0.15) is 0 Å². The van der Waals surface area contributed by atoms with Crippen LogP contribution in [-0.2, 0) is 4.79 Å². The number of primary amides is 1. The van der Waals surface area contributed by atoms with Gasteiger partial charge in [0, 0.05) is 18.6 Å². The molecule has 2 aliphatic carbocycles. The Kier molecular flexibility index (Phi) is 4.28. The van der Waals surface area contributed by atoms with Crippen molar-refractivity contribution < 1.29 is 4.79 Å². The van der Waals surface area contributed by atoms with Gasteiger partial charge in [0.25, 0.3) is 0 Å². The second-order valence-electron chi connectivity index (χ2n) is 6.32. The smallest absolute Gasteiger partial charge is 0.238 e. The molecular formula is C14H27N3O. The summed E-state index contributed by atoms with van der Waals surface area (Å²) in [5.41, 5.74) is 5.02. The summed E-state index contributed by atoms with van der Waals surface area (Å²) in [6.45, 7) is 2.68. The summed E-state index contributed by atoms with van der Waals surface area (Å²) in [6, 6.07) is 1.13. The zero-order chi connectivity index (χ0) is 13.2. The van der Waals surface area contributed by atoms with Gasteiger partial charge >= 0.3 is 0 Å². The van der Waals surface area contributed by atoms with Gasteiger partial charge in [-0.15, -0.1) is 0 Å². The third-order valence-electron chi connectivity index (χ3n) is 4.41. The summed E-state index contributed by atoms with van der Waals surface area (Å²) in [7, 11) is 2.13. The molecule has 2 aliphatic rings. The van der Waals surface area contributed by atoms with Gasteiger partial charge in [-0.1, -0.05) is 19.3 Å². The van der Waals surface area contributed by atoms with Gasteiger partial charge < -0.3 is 10.6 Å². The Labute approximate surface area is 110 Å². The zero-order valence-corrected chi connectivity index (χ0v) is 11.7. The minimum absolute atomic E-state index is 0.225. The fourth-order valence-electron chi connectivity index (χ4n) is 3.02. The Morgan fingerprint density at radius 2 is 1.89 bits per heavy atom. The molecule has 0 aliphatic heterocycles. The lowest BCUT2D eigenvalue weighted by molar-refractivity contribution is -0.124. The normalized spacial score (nSPS) is 25.1. The largest absolute Gasteiger partial charge is 0.368 e. The molecule has 0 aromatic rings. The van der Waals surface area contributed by atoms with Gasteiger partial charge in [-0.3, -0.25) is 10.1 Å². The van der Waals surface area contributed by atoms with E-state index in [1.807, 2.05) is 6.92 Å². The minimum Gasteiger partial charge on any atom is -0.368 e. The Hall–Kier alpha value is -0.610. The second-order valence-corrected chi connectivity index (χ2v) is 6.32. The van der Waals surface area contributed by atoms with Crippen molar-refractivity contribution in [3.63, 3.8) is 0 Å². The highest BCUT2D eigenvalue weighted by molar-refractivity contribution is 5.84. The minimum atomic E-state index is -0.576. The summed E-state index contributed by atoms with van der Waals surface area (Å²) in [6.07, 6.45) is 8.87. The Morgan fingerprint density at radius 3 is 2.39 bits per heavy atom. The maximum Gasteiger partial charge on any atom is 0.238 e.